The van der Waals surface area contributed by atoms with Crippen LogP contribution in [0, 0.1) is 11.7 Å². The largest absolute Gasteiger partial charge is 0.506 e. The summed E-state index contributed by atoms with van der Waals surface area (Å²) in [6, 6.07) is 2.68. The topological polar surface area (TPSA) is 46.2 Å². The van der Waals surface area contributed by atoms with Gasteiger partial charge in [0.25, 0.3) is 0 Å². The molecule has 0 bridgehead atoms. The fourth-order valence-corrected chi connectivity index (χ4v) is 2.05. The number of aromatic hydroxyl groups is 1. The second-order valence-corrected chi connectivity index (χ2v) is 4.88. The highest BCUT2D eigenvalue weighted by atomic mass is 79.9. The van der Waals surface area contributed by atoms with Crippen LogP contribution in [0.2, 0.25) is 0 Å². The van der Waals surface area contributed by atoms with Gasteiger partial charge in [-0.1, -0.05) is 18.9 Å². The zero-order valence-corrected chi connectivity index (χ0v) is 9.80. The van der Waals surface area contributed by atoms with Gasteiger partial charge in [0, 0.05) is 11.6 Å². The molecule has 82 valence electrons. The van der Waals surface area contributed by atoms with E-state index in [0.717, 1.165) is 6.42 Å². The molecule has 2 nitrogen and oxygen atoms in total. The third-order valence-corrected chi connectivity index (χ3v) is 3.54. The zero-order chi connectivity index (χ0) is 11.0. The van der Waals surface area contributed by atoms with Gasteiger partial charge in [0.05, 0.1) is 4.47 Å². The van der Waals surface area contributed by atoms with E-state index in [1.807, 2.05) is 0 Å². The Morgan fingerprint density at radius 3 is 2.80 bits per heavy atom. The Bertz CT molecular complexity index is 379. The van der Waals surface area contributed by atoms with E-state index in [2.05, 4.69) is 15.9 Å². The van der Waals surface area contributed by atoms with Gasteiger partial charge in [-0.05, 0) is 34.3 Å². The van der Waals surface area contributed by atoms with Crippen LogP contribution >= 0.6 is 15.9 Å². The lowest BCUT2D eigenvalue weighted by molar-refractivity contribution is 0.445. The van der Waals surface area contributed by atoms with Gasteiger partial charge in [0.1, 0.15) is 11.6 Å². The standard InChI is InChI=1S/C11H13BrFNO/c12-10-8(13)4-3-7(11(10)15)9(14)5-6-1-2-6/h3-4,6,9,15H,1-2,5,14H2/t9-/m0/s1. The maximum Gasteiger partial charge on any atom is 0.141 e. The van der Waals surface area contributed by atoms with Crippen LogP contribution in [-0.4, -0.2) is 5.11 Å². The molecule has 0 amide bonds. The first-order valence-corrected chi connectivity index (χ1v) is 5.81. The molecule has 1 aliphatic carbocycles. The number of phenols is 1. The number of benzene rings is 1. The van der Waals surface area contributed by atoms with Crippen LogP contribution in [0.5, 0.6) is 5.75 Å². The molecule has 1 aromatic rings. The number of halogens is 2. The summed E-state index contributed by atoms with van der Waals surface area (Å²) in [5.41, 5.74) is 6.57. The van der Waals surface area contributed by atoms with Crippen molar-refractivity contribution < 1.29 is 9.50 Å². The predicted molar refractivity (Wildman–Crippen MR) is 60.0 cm³/mol. The summed E-state index contributed by atoms with van der Waals surface area (Å²) in [7, 11) is 0. The number of phenolic OH excluding ortho intramolecular Hbond substituents is 1. The minimum atomic E-state index is -0.463. The normalized spacial score (nSPS) is 17.8. The van der Waals surface area contributed by atoms with Gasteiger partial charge < -0.3 is 10.8 Å². The first-order chi connectivity index (χ1) is 7.09. The average molecular weight is 274 g/mol. The Morgan fingerprint density at radius 2 is 2.20 bits per heavy atom. The van der Waals surface area contributed by atoms with Crippen molar-refractivity contribution in [2.24, 2.45) is 11.7 Å². The predicted octanol–water partition coefficient (Wildman–Crippen LogP) is 3.09. The van der Waals surface area contributed by atoms with Crippen LogP contribution in [0.4, 0.5) is 4.39 Å². The van der Waals surface area contributed by atoms with Crippen molar-refractivity contribution in [1.29, 1.82) is 0 Å². The highest BCUT2D eigenvalue weighted by Crippen LogP contribution is 2.40. The second-order valence-electron chi connectivity index (χ2n) is 4.08. The molecule has 0 unspecified atom stereocenters. The van der Waals surface area contributed by atoms with Gasteiger partial charge >= 0.3 is 0 Å². The minimum Gasteiger partial charge on any atom is -0.506 e. The number of hydrogen-bond acceptors (Lipinski definition) is 2. The lowest BCUT2D eigenvalue weighted by atomic mass is 10.0. The molecule has 1 fully saturated rings. The Kier molecular flexibility index (Phi) is 2.98. The van der Waals surface area contributed by atoms with E-state index in [-0.39, 0.29) is 16.3 Å². The maximum atomic E-state index is 13.1. The average Bonchev–Trinajstić information content (AvgIpc) is 2.98. The van der Waals surface area contributed by atoms with Crippen molar-refractivity contribution in [3.63, 3.8) is 0 Å². The van der Waals surface area contributed by atoms with Crippen LogP contribution in [0.1, 0.15) is 30.9 Å². The summed E-state index contributed by atoms with van der Waals surface area (Å²) in [6.45, 7) is 0. The Morgan fingerprint density at radius 1 is 1.53 bits per heavy atom. The first-order valence-electron chi connectivity index (χ1n) is 5.02. The molecule has 0 heterocycles. The number of nitrogens with two attached hydrogens (primary N) is 1. The molecule has 0 radical (unpaired) electrons. The summed E-state index contributed by atoms with van der Waals surface area (Å²) in [6.07, 6.45) is 3.30. The molecule has 3 N–H and O–H groups in total. The molecule has 2 rings (SSSR count). The molecule has 0 aromatic heterocycles. The summed E-state index contributed by atoms with van der Waals surface area (Å²) < 4.78 is 13.2. The van der Waals surface area contributed by atoms with E-state index < -0.39 is 5.82 Å². The molecular weight excluding hydrogens is 261 g/mol. The Hall–Kier alpha value is -0.610. The van der Waals surface area contributed by atoms with Crippen LogP contribution in [0.3, 0.4) is 0 Å². The van der Waals surface area contributed by atoms with Crippen molar-refractivity contribution >= 4 is 15.9 Å². The summed E-state index contributed by atoms with van der Waals surface area (Å²) in [4.78, 5) is 0. The highest BCUT2D eigenvalue weighted by Gasteiger charge is 2.26. The fourth-order valence-electron chi connectivity index (χ4n) is 1.69. The van der Waals surface area contributed by atoms with E-state index in [0.29, 0.717) is 11.5 Å². The monoisotopic (exact) mass is 273 g/mol. The SMILES string of the molecule is N[C@@H](CC1CC1)c1ccc(F)c(Br)c1O. The highest BCUT2D eigenvalue weighted by molar-refractivity contribution is 9.10. The van der Waals surface area contributed by atoms with E-state index in [9.17, 15) is 9.50 Å². The Labute approximate surface area is 96.4 Å². The van der Waals surface area contributed by atoms with Gasteiger partial charge in [0.2, 0.25) is 0 Å². The third kappa shape index (κ3) is 2.32. The van der Waals surface area contributed by atoms with Crippen molar-refractivity contribution in [2.45, 2.75) is 25.3 Å². The molecule has 1 atom stereocenters. The van der Waals surface area contributed by atoms with Crippen molar-refractivity contribution in [3.8, 4) is 5.75 Å². The molecule has 1 aliphatic rings. The molecule has 1 aromatic carbocycles. The van der Waals surface area contributed by atoms with E-state index in [1.54, 1.807) is 6.07 Å². The fraction of sp³-hybridized carbons (Fsp3) is 0.455. The molecule has 4 heteroatoms. The molecule has 0 saturated heterocycles. The van der Waals surface area contributed by atoms with Crippen LogP contribution in [-0.2, 0) is 0 Å². The smallest absolute Gasteiger partial charge is 0.141 e. The maximum absolute atomic E-state index is 13.1. The molecule has 0 aliphatic heterocycles. The van der Waals surface area contributed by atoms with Gasteiger partial charge in [0.15, 0.2) is 0 Å². The molecular formula is C11H13BrFNO. The Balaban J connectivity index is 2.22. The quantitative estimate of drug-likeness (QED) is 0.889. The molecule has 0 spiro atoms. The second kappa shape index (κ2) is 4.10. The summed E-state index contributed by atoms with van der Waals surface area (Å²) in [5.74, 6) is 0.154. The van der Waals surface area contributed by atoms with Gasteiger partial charge in [-0.15, -0.1) is 0 Å². The zero-order valence-electron chi connectivity index (χ0n) is 8.21. The van der Waals surface area contributed by atoms with Crippen molar-refractivity contribution in [2.75, 3.05) is 0 Å². The van der Waals surface area contributed by atoms with Gasteiger partial charge in [-0.25, -0.2) is 4.39 Å². The summed E-state index contributed by atoms with van der Waals surface area (Å²) in [5, 5.41) is 9.72. The lowest BCUT2D eigenvalue weighted by Gasteiger charge is -2.14. The van der Waals surface area contributed by atoms with Crippen molar-refractivity contribution in [1.82, 2.24) is 0 Å². The lowest BCUT2D eigenvalue weighted by Crippen LogP contribution is -2.11. The number of rotatable bonds is 3. The van der Waals surface area contributed by atoms with E-state index in [4.69, 9.17) is 5.73 Å². The van der Waals surface area contributed by atoms with Crippen molar-refractivity contribution in [3.05, 3.63) is 28.0 Å². The molecule has 15 heavy (non-hydrogen) atoms. The molecule has 1 saturated carbocycles. The summed E-state index contributed by atoms with van der Waals surface area (Å²) >= 11 is 3.00. The third-order valence-electron chi connectivity index (χ3n) is 2.78. The van der Waals surface area contributed by atoms with Gasteiger partial charge in [-0.2, -0.15) is 0 Å². The van der Waals surface area contributed by atoms with E-state index in [1.165, 1.54) is 18.9 Å². The van der Waals surface area contributed by atoms with Crippen LogP contribution in [0.15, 0.2) is 16.6 Å². The van der Waals surface area contributed by atoms with Crippen LogP contribution < -0.4 is 5.73 Å². The minimum absolute atomic E-state index is 0.0665. The van der Waals surface area contributed by atoms with E-state index >= 15 is 0 Å². The first kappa shape index (κ1) is 10.9. The van der Waals surface area contributed by atoms with Gasteiger partial charge in [-0.3, -0.25) is 0 Å². The van der Waals surface area contributed by atoms with Crippen LogP contribution in [0.25, 0.3) is 0 Å². The number of hydrogen-bond donors (Lipinski definition) is 2.